The van der Waals surface area contributed by atoms with E-state index < -0.39 is 0 Å². The van der Waals surface area contributed by atoms with Gasteiger partial charge in [0.05, 0.1) is 0 Å². The number of nitrogens with zero attached hydrogens (tertiary/aromatic N) is 1. The largest absolute Gasteiger partial charge is 0.311 e. The first-order valence-electron chi connectivity index (χ1n) is 8.65. The summed E-state index contributed by atoms with van der Waals surface area (Å²) in [5.41, 5.74) is 0. The Labute approximate surface area is 120 Å². The van der Waals surface area contributed by atoms with Crippen molar-refractivity contribution in [1.29, 1.82) is 0 Å². The Morgan fingerprint density at radius 1 is 1.11 bits per heavy atom. The van der Waals surface area contributed by atoms with Crippen LogP contribution in [0.3, 0.4) is 0 Å². The Balaban J connectivity index is 1.71. The van der Waals surface area contributed by atoms with Gasteiger partial charge in [0, 0.05) is 18.1 Å². The first kappa shape index (κ1) is 15.3. The highest BCUT2D eigenvalue weighted by Crippen LogP contribution is 2.30. The second kappa shape index (κ2) is 7.64. The van der Waals surface area contributed by atoms with E-state index in [9.17, 15) is 0 Å². The molecule has 2 aliphatic rings. The molecule has 0 aliphatic heterocycles. The van der Waals surface area contributed by atoms with Crippen LogP contribution in [0.4, 0.5) is 0 Å². The molecule has 0 aromatic rings. The molecule has 2 fully saturated rings. The third-order valence-corrected chi connectivity index (χ3v) is 5.44. The summed E-state index contributed by atoms with van der Waals surface area (Å²) in [5, 5.41) is 3.87. The molecule has 0 amide bonds. The summed E-state index contributed by atoms with van der Waals surface area (Å²) in [5.74, 6) is 0.955. The van der Waals surface area contributed by atoms with Crippen LogP contribution in [0.25, 0.3) is 0 Å². The molecule has 2 saturated carbocycles. The second-order valence-corrected chi connectivity index (χ2v) is 7.04. The van der Waals surface area contributed by atoms with Crippen LogP contribution >= 0.6 is 0 Å². The van der Waals surface area contributed by atoms with Gasteiger partial charge in [-0.3, -0.25) is 0 Å². The predicted molar refractivity (Wildman–Crippen MR) is 83.5 cm³/mol. The molecule has 2 rings (SSSR count). The lowest BCUT2D eigenvalue weighted by Crippen LogP contribution is -2.39. The van der Waals surface area contributed by atoms with E-state index in [0.29, 0.717) is 0 Å². The Hall–Kier alpha value is -0.0800. The van der Waals surface area contributed by atoms with Crippen LogP contribution < -0.4 is 5.32 Å². The van der Waals surface area contributed by atoms with Gasteiger partial charge < -0.3 is 10.2 Å². The Bertz CT molecular complexity index is 248. The smallest absolute Gasteiger partial charge is 0.00947 e. The van der Waals surface area contributed by atoms with Gasteiger partial charge in [0.15, 0.2) is 0 Å². The minimum atomic E-state index is 0.721. The van der Waals surface area contributed by atoms with E-state index in [4.69, 9.17) is 0 Å². The van der Waals surface area contributed by atoms with Gasteiger partial charge in [-0.25, -0.2) is 0 Å². The number of hydrogen-bond donors (Lipinski definition) is 1. The molecular formula is C17H34N2. The molecule has 0 aromatic carbocycles. The van der Waals surface area contributed by atoms with E-state index in [2.05, 4.69) is 31.1 Å². The topological polar surface area (TPSA) is 15.3 Å². The van der Waals surface area contributed by atoms with Gasteiger partial charge in [-0.2, -0.15) is 0 Å². The molecule has 0 heterocycles. The van der Waals surface area contributed by atoms with Crippen LogP contribution in [0.15, 0.2) is 0 Å². The molecule has 3 atom stereocenters. The van der Waals surface area contributed by atoms with Crippen LogP contribution in [0.1, 0.15) is 71.6 Å². The normalized spacial score (nSPS) is 30.9. The molecule has 0 spiro atoms. The van der Waals surface area contributed by atoms with Crippen molar-refractivity contribution in [2.75, 3.05) is 13.6 Å². The van der Waals surface area contributed by atoms with Crippen molar-refractivity contribution >= 4 is 0 Å². The monoisotopic (exact) mass is 266 g/mol. The Morgan fingerprint density at radius 2 is 1.84 bits per heavy atom. The fourth-order valence-electron chi connectivity index (χ4n) is 4.20. The van der Waals surface area contributed by atoms with Gasteiger partial charge in [0.25, 0.3) is 0 Å². The van der Waals surface area contributed by atoms with Gasteiger partial charge in [-0.15, -0.1) is 0 Å². The summed E-state index contributed by atoms with van der Waals surface area (Å²) >= 11 is 0. The van der Waals surface area contributed by atoms with E-state index >= 15 is 0 Å². The zero-order chi connectivity index (χ0) is 13.7. The van der Waals surface area contributed by atoms with Crippen molar-refractivity contribution in [3.05, 3.63) is 0 Å². The van der Waals surface area contributed by atoms with Crippen LogP contribution in [-0.4, -0.2) is 36.6 Å². The molecule has 0 saturated heterocycles. The number of rotatable bonds is 6. The quantitative estimate of drug-likeness (QED) is 0.786. The van der Waals surface area contributed by atoms with Gasteiger partial charge in [0.1, 0.15) is 0 Å². The average Bonchev–Trinajstić information content (AvgIpc) is 2.90. The minimum absolute atomic E-state index is 0.721. The molecule has 1 N–H and O–H groups in total. The molecule has 0 aromatic heterocycles. The van der Waals surface area contributed by atoms with E-state index in [1.54, 1.807) is 0 Å². The van der Waals surface area contributed by atoms with Crippen LogP contribution in [0, 0.1) is 5.92 Å². The molecule has 0 bridgehead atoms. The highest BCUT2D eigenvalue weighted by atomic mass is 15.1. The SMILES string of the molecule is CCN(C)C1CCCC(CC(C)NC2CCCC2)C1. The molecule has 0 radical (unpaired) electrons. The van der Waals surface area contributed by atoms with Gasteiger partial charge in [-0.05, 0) is 58.5 Å². The summed E-state index contributed by atoms with van der Waals surface area (Å²) in [6, 6.07) is 2.40. The fourth-order valence-corrected chi connectivity index (χ4v) is 4.20. The summed E-state index contributed by atoms with van der Waals surface area (Å²) in [6.07, 6.45) is 12.9. The Kier molecular flexibility index (Phi) is 6.15. The Morgan fingerprint density at radius 3 is 2.53 bits per heavy atom. The molecule has 2 nitrogen and oxygen atoms in total. The van der Waals surface area contributed by atoms with Crippen molar-refractivity contribution in [2.45, 2.75) is 89.8 Å². The van der Waals surface area contributed by atoms with Crippen molar-refractivity contribution in [3.8, 4) is 0 Å². The molecule has 19 heavy (non-hydrogen) atoms. The molecular weight excluding hydrogens is 232 g/mol. The summed E-state index contributed by atoms with van der Waals surface area (Å²) < 4.78 is 0. The highest BCUT2D eigenvalue weighted by molar-refractivity contribution is 4.83. The average molecular weight is 266 g/mol. The van der Waals surface area contributed by atoms with Crippen molar-refractivity contribution in [1.82, 2.24) is 10.2 Å². The lowest BCUT2D eigenvalue weighted by Gasteiger charge is -2.36. The standard InChI is InChI=1S/C17H34N2/c1-4-19(3)17-11-7-8-15(13-17)12-14(2)18-16-9-5-6-10-16/h14-18H,4-13H2,1-3H3. The first-order chi connectivity index (χ1) is 9.19. The lowest BCUT2D eigenvalue weighted by molar-refractivity contribution is 0.153. The number of hydrogen-bond acceptors (Lipinski definition) is 2. The second-order valence-electron chi connectivity index (χ2n) is 7.04. The van der Waals surface area contributed by atoms with Gasteiger partial charge in [-0.1, -0.05) is 32.6 Å². The van der Waals surface area contributed by atoms with Crippen molar-refractivity contribution < 1.29 is 0 Å². The van der Waals surface area contributed by atoms with Crippen LogP contribution in [-0.2, 0) is 0 Å². The first-order valence-corrected chi connectivity index (χ1v) is 8.65. The maximum atomic E-state index is 3.87. The van der Waals surface area contributed by atoms with Crippen molar-refractivity contribution in [2.24, 2.45) is 5.92 Å². The predicted octanol–water partition coefficient (Wildman–Crippen LogP) is 3.81. The maximum absolute atomic E-state index is 3.87. The third kappa shape index (κ3) is 4.75. The fraction of sp³-hybridized carbons (Fsp3) is 1.00. The number of nitrogens with one attached hydrogen (secondary N) is 1. The maximum Gasteiger partial charge on any atom is 0.00947 e. The van der Waals surface area contributed by atoms with E-state index in [1.807, 2.05) is 0 Å². The summed E-state index contributed by atoms with van der Waals surface area (Å²) in [4.78, 5) is 2.56. The van der Waals surface area contributed by atoms with E-state index in [1.165, 1.54) is 64.3 Å². The van der Waals surface area contributed by atoms with Crippen LogP contribution in [0.2, 0.25) is 0 Å². The van der Waals surface area contributed by atoms with E-state index in [-0.39, 0.29) is 0 Å². The van der Waals surface area contributed by atoms with Crippen molar-refractivity contribution in [3.63, 3.8) is 0 Å². The molecule has 2 heteroatoms. The molecule has 112 valence electrons. The third-order valence-electron chi connectivity index (χ3n) is 5.44. The summed E-state index contributed by atoms with van der Waals surface area (Å²) in [7, 11) is 2.30. The minimum Gasteiger partial charge on any atom is -0.311 e. The zero-order valence-corrected chi connectivity index (χ0v) is 13.3. The molecule has 3 unspecified atom stereocenters. The zero-order valence-electron chi connectivity index (χ0n) is 13.3. The lowest BCUT2D eigenvalue weighted by atomic mass is 9.81. The van der Waals surface area contributed by atoms with Crippen LogP contribution in [0.5, 0.6) is 0 Å². The van der Waals surface area contributed by atoms with Gasteiger partial charge >= 0.3 is 0 Å². The molecule has 2 aliphatic carbocycles. The summed E-state index contributed by atoms with van der Waals surface area (Å²) in [6.45, 7) is 5.90. The van der Waals surface area contributed by atoms with E-state index in [0.717, 1.165) is 24.0 Å². The highest BCUT2D eigenvalue weighted by Gasteiger charge is 2.26. The van der Waals surface area contributed by atoms with Gasteiger partial charge in [0.2, 0.25) is 0 Å².